The van der Waals surface area contributed by atoms with Crippen LogP contribution < -0.4 is 10.2 Å². The first kappa shape index (κ1) is 12.3. The Morgan fingerprint density at radius 1 is 1.41 bits per heavy atom. The fourth-order valence-corrected chi connectivity index (χ4v) is 1.89. The smallest absolute Gasteiger partial charge is 0.265 e. The first-order chi connectivity index (χ1) is 8.22. The molecule has 2 heterocycles. The number of aromatic nitrogens is 2. The van der Waals surface area contributed by atoms with Crippen LogP contribution in [0.1, 0.15) is 25.2 Å². The van der Waals surface area contributed by atoms with Gasteiger partial charge in [-0.2, -0.15) is 4.98 Å². The van der Waals surface area contributed by atoms with E-state index in [0.29, 0.717) is 25.1 Å². The van der Waals surface area contributed by atoms with Crippen molar-refractivity contribution in [2.45, 2.75) is 25.3 Å². The van der Waals surface area contributed by atoms with Crippen LogP contribution in [-0.4, -0.2) is 50.0 Å². The van der Waals surface area contributed by atoms with Crippen molar-refractivity contribution >= 4 is 5.95 Å². The van der Waals surface area contributed by atoms with Crippen LogP contribution in [0.5, 0.6) is 0 Å². The predicted molar refractivity (Wildman–Crippen MR) is 64.3 cm³/mol. The largest absolute Gasteiger partial charge is 0.379 e. The molecule has 1 saturated heterocycles. The van der Waals surface area contributed by atoms with E-state index in [1.807, 2.05) is 19.0 Å². The number of rotatable bonds is 5. The number of nitrogens with one attached hydrogen (secondary N) is 1. The zero-order valence-electron chi connectivity index (χ0n) is 10.6. The molecule has 0 saturated carbocycles. The van der Waals surface area contributed by atoms with E-state index in [4.69, 9.17) is 9.26 Å². The van der Waals surface area contributed by atoms with Crippen molar-refractivity contribution in [3.05, 3.63) is 5.89 Å². The molecule has 1 aromatic heterocycles. The Morgan fingerprint density at radius 2 is 2.24 bits per heavy atom. The van der Waals surface area contributed by atoms with Gasteiger partial charge in [0.05, 0.1) is 19.1 Å². The van der Waals surface area contributed by atoms with Gasteiger partial charge in [0.25, 0.3) is 5.95 Å². The molecule has 2 atom stereocenters. The Hall–Kier alpha value is -1.14. The van der Waals surface area contributed by atoms with Gasteiger partial charge in [-0.05, 0) is 18.1 Å². The highest BCUT2D eigenvalue weighted by Crippen LogP contribution is 2.25. The topological polar surface area (TPSA) is 63.4 Å². The normalized spacial score (nSPS) is 24.2. The second-order valence-electron chi connectivity index (χ2n) is 4.53. The van der Waals surface area contributed by atoms with E-state index in [-0.39, 0.29) is 12.0 Å². The lowest BCUT2D eigenvalue weighted by molar-refractivity contribution is 0.184. The van der Waals surface area contributed by atoms with Gasteiger partial charge in [0.15, 0.2) is 0 Å². The predicted octanol–water partition coefficient (Wildman–Crippen LogP) is 0.618. The van der Waals surface area contributed by atoms with Gasteiger partial charge in [-0.25, -0.2) is 0 Å². The first-order valence-electron chi connectivity index (χ1n) is 6.04. The molecular weight excluding hydrogens is 220 g/mol. The molecule has 1 aliphatic heterocycles. The minimum absolute atomic E-state index is 0.169. The van der Waals surface area contributed by atoms with Crippen molar-refractivity contribution in [2.75, 3.05) is 38.8 Å². The van der Waals surface area contributed by atoms with Crippen LogP contribution in [0.2, 0.25) is 0 Å². The van der Waals surface area contributed by atoms with E-state index >= 15 is 0 Å². The fourth-order valence-electron chi connectivity index (χ4n) is 1.89. The zero-order chi connectivity index (χ0) is 12.3. The lowest BCUT2D eigenvalue weighted by Crippen LogP contribution is -2.35. The van der Waals surface area contributed by atoms with E-state index in [1.165, 1.54) is 0 Å². The van der Waals surface area contributed by atoms with Crippen LogP contribution in [0.4, 0.5) is 5.95 Å². The highest BCUT2D eigenvalue weighted by molar-refractivity contribution is 5.24. The highest BCUT2D eigenvalue weighted by Gasteiger charge is 2.33. The molecule has 2 unspecified atom stereocenters. The van der Waals surface area contributed by atoms with E-state index < -0.39 is 0 Å². The van der Waals surface area contributed by atoms with Gasteiger partial charge in [-0.1, -0.05) is 6.92 Å². The van der Waals surface area contributed by atoms with Crippen molar-refractivity contribution in [3.63, 3.8) is 0 Å². The fraction of sp³-hybridized carbons (Fsp3) is 0.818. The Bertz CT molecular complexity index is 353. The van der Waals surface area contributed by atoms with E-state index in [0.717, 1.165) is 13.0 Å². The number of nitrogens with zero attached hydrogens (tertiary/aromatic N) is 3. The van der Waals surface area contributed by atoms with Crippen LogP contribution in [0.25, 0.3) is 0 Å². The third kappa shape index (κ3) is 2.76. The molecule has 6 nitrogen and oxygen atoms in total. The van der Waals surface area contributed by atoms with Crippen LogP contribution in [0.3, 0.4) is 0 Å². The number of ether oxygens (including phenoxy) is 1. The van der Waals surface area contributed by atoms with Gasteiger partial charge in [-0.15, -0.1) is 0 Å². The van der Waals surface area contributed by atoms with Crippen LogP contribution in [0.15, 0.2) is 4.52 Å². The van der Waals surface area contributed by atoms with Gasteiger partial charge < -0.3 is 19.5 Å². The summed E-state index contributed by atoms with van der Waals surface area (Å²) in [7, 11) is 3.79. The molecule has 1 N–H and O–H groups in total. The van der Waals surface area contributed by atoms with Crippen molar-refractivity contribution < 1.29 is 9.26 Å². The molecule has 0 spiro atoms. The summed E-state index contributed by atoms with van der Waals surface area (Å²) in [4.78, 5) is 6.21. The summed E-state index contributed by atoms with van der Waals surface area (Å²) in [5.41, 5.74) is 0. The Balaban J connectivity index is 2.03. The summed E-state index contributed by atoms with van der Waals surface area (Å²) in [6, 6.07) is 0.283. The molecule has 2 rings (SSSR count). The Labute approximate surface area is 101 Å². The van der Waals surface area contributed by atoms with Crippen molar-refractivity contribution in [2.24, 2.45) is 0 Å². The maximum Gasteiger partial charge on any atom is 0.265 e. The average Bonchev–Trinajstić information content (AvgIpc) is 2.94. The van der Waals surface area contributed by atoms with E-state index in [2.05, 4.69) is 22.4 Å². The maximum atomic E-state index is 5.49. The summed E-state index contributed by atoms with van der Waals surface area (Å²) < 4.78 is 10.8. The van der Waals surface area contributed by atoms with Gasteiger partial charge in [-0.3, -0.25) is 0 Å². The monoisotopic (exact) mass is 240 g/mol. The van der Waals surface area contributed by atoms with Gasteiger partial charge >= 0.3 is 0 Å². The molecule has 0 aliphatic carbocycles. The molecule has 0 aromatic carbocycles. The Kier molecular flexibility index (Phi) is 3.96. The number of anilines is 1. The summed E-state index contributed by atoms with van der Waals surface area (Å²) in [6.45, 7) is 4.49. The summed E-state index contributed by atoms with van der Waals surface area (Å²) in [5, 5.41) is 7.38. The summed E-state index contributed by atoms with van der Waals surface area (Å²) >= 11 is 0. The minimum Gasteiger partial charge on any atom is -0.379 e. The van der Waals surface area contributed by atoms with Crippen molar-refractivity contribution in [3.8, 4) is 0 Å². The SMILES string of the molecule is CCCNC1COCC1c1nc(N(C)C)no1. The molecule has 1 fully saturated rings. The lowest BCUT2D eigenvalue weighted by atomic mass is 10.0. The molecule has 17 heavy (non-hydrogen) atoms. The van der Waals surface area contributed by atoms with Crippen molar-refractivity contribution in [1.82, 2.24) is 15.5 Å². The zero-order valence-corrected chi connectivity index (χ0v) is 10.6. The van der Waals surface area contributed by atoms with Crippen molar-refractivity contribution in [1.29, 1.82) is 0 Å². The maximum absolute atomic E-state index is 5.49. The Morgan fingerprint density at radius 3 is 2.88 bits per heavy atom. The number of hydrogen-bond donors (Lipinski definition) is 1. The van der Waals surface area contributed by atoms with Gasteiger partial charge in [0.2, 0.25) is 5.89 Å². The lowest BCUT2D eigenvalue weighted by Gasteiger charge is -2.15. The molecule has 0 amide bonds. The molecule has 96 valence electrons. The third-order valence-electron chi connectivity index (χ3n) is 2.89. The van der Waals surface area contributed by atoms with Gasteiger partial charge in [0.1, 0.15) is 0 Å². The summed E-state index contributed by atoms with van der Waals surface area (Å²) in [6.07, 6.45) is 1.11. The summed E-state index contributed by atoms with van der Waals surface area (Å²) in [5.74, 6) is 1.45. The molecular formula is C11H20N4O2. The highest BCUT2D eigenvalue weighted by atomic mass is 16.5. The van der Waals surface area contributed by atoms with E-state index in [1.54, 1.807) is 0 Å². The molecule has 0 bridgehead atoms. The third-order valence-corrected chi connectivity index (χ3v) is 2.89. The molecule has 0 radical (unpaired) electrons. The second kappa shape index (κ2) is 5.46. The first-order valence-corrected chi connectivity index (χ1v) is 6.04. The van der Waals surface area contributed by atoms with Crippen LogP contribution in [-0.2, 0) is 4.74 Å². The number of hydrogen-bond acceptors (Lipinski definition) is 6. The second-order valence-corrected chi connectivity index (χ2v) is 4.53. The average molecular weight is 240 g/mol. The quantitative estimate of drug-likeness (QED) is 0.814. The van der Waals surface area contributed by atoms with Crippen LogP contribution >= 0.6 is 0 Å². The molecule has 6 heteroatoms. The minimum atomic E-state index is 0.169. The molecule has 1 aromatic rings. The standard InChI is InChI=1S/C11H20N4O2/c1-4-5-12-9-7-16-6-8(9)10-13-11(14-17-10)15(2)3/h8-9,12H,4-7H2,1-3H3. The van der Waals surface area contributed by atoms with Crippen LogP contribution in [0, 0.1) is 0 Å². The molecule has 1 aliphatic rings. The van der Waals surface area contributed by atoms with E-state index in [9.17, 15) is 0 Å². The van der Waals surface area contributed by atoms with Gasteiger partial charge in [0, 0.05) is 20.1 Å².